The van der Waals surface area contributed by atoms with Crippen LogP contribution in [0.2, 0.25) is 0 Å². The summed E-state index contributed by atoms with van der Waals surface area (Å²) < 4.78 is 11.2. The fourth-order valence-electron chi connectivity index (χ4n) is 2.08. The molecule has 0 bridgehead atoms. The van der Waals surface area contributed by atoms with Crippen molar-refractivity contribution in [3.05, 3.63) is 29.3 Å². The third kappa shape index (κ3) is 9.32. The van der Waals surface area contributed by atoms with Crippen molar-refractivity contribution in [1.82, 2.24) is 10.6 Å². The standard InChI is InChI=1S/C18H31N3O2.HI/c1-5-7-10-20-18(19-4)21-14-16-9-8-15(3)13-17(16)23-12-11-22-6-2;/h8-9,13H,5-7,10-12,14H2,1-4H3,(H2,19,20,21);1H. The molecule has 0 spiro atoms. The number of ether oxygens (including phenoxy) is 2. The first-order valence-corrected chi connectivity index (χ1v) is 8.45. The highest BCUT2D eigenvalue weighted by Crippen LogP contribution is 2.20. The first-order chi connectivity index (χ1) is 11.2. The second kappa shape index (κ2) is 14.3. The predicted molar refractivity (Wildman–Crippen MR) is 112 cm³/mol. The van der Waals surface area contributed by atoms with E-state index in [4.69, 9.17) is 9.47 Å². The first kappa shape index (κ1) is 23.0. The summed E-state index contributed by atoms with van der Waals surface area (Å²) in [5, 5.41) is 6.64. The van der Waals surface area contributed by atoms with Gasteiger partial charge in [0.1, 0.15) is 12.4 Å². The van der Waals surface area contributed by atoms with Gasteiger partial charge in [-0.3, -0.25) is 4.99 Å². The molecule has 0 aliphatic heterocycles. The summed E-state index contributed by atoms with van der Waals surface area (Å²) in [6.45, 7) is 9.72. The van der Waals surface area contributed by atoms with Crippen LogP contribution in [0.4, 0.5) is 0 Å². The Balaban J connectivity index is 0.00000529. The van der Waals surface area contributed by atoms with E-state index in [1.807, 2.05) is 6.92 Å². The summed E-state index contributed by atoms with van der Waals surface area (Å²) >= 11 is 0. The summed E-state index contributed by atoms with van der Waals surface area (Å²) in [4.78, 5) is 4.24. The van der Waals surface area contributed by atoms with Crippen LogP contribution in [0.3, 0.4) is 0 Å². The number of halogens is 1. The van der Waals surface area contributed by atoms with Crippen LogP contribution in [0.5, 0.6) is 5.75 Å². The van der Waals surface area contributed by atoms with E-state index in [-0.39, 0.29) is 24.0 Å². The molecule has 1 aromatic rings. The molecule has 0 aromatic heterocycles. The van der Waals surface area contributed by atoms with Crippen LogP contribution in [-0.4, -0.2) is 39.4 Å². The number of rotatable bonds is 10. The molecule has 1 rings (SSSR count). The number of hydrogen-bond donors (Lipinski definition) is 2. The number of guanidine groups is 1. The lowest BCUT2D eigenvalue weighted by Gasteiger charge is -2.15. The molecule has 5 nitrogen and oxygen atoms in total. The van der Waals surface area contributed by atoms with E-state index in [2.05, 4.69) is 47.7 Å². The van der Waals surface area contributed by atoms with Gasteiger partial charge in [-0.2, -0.15) is 0 Å². The van der Waals surface area contributed by atoms with Crippen molar-refractivity contribution in [3.63, 3.8) is 0 Å². The zero-order valence-corrected chi connectivity index (χ0v) is 17.7. The summed E-state index contributed by atoms with van der Waals surface area (Å²) in [7, 11) is 1.79. The molecule has 138 valence electrons. The van der Waals surface area contributed by atoms with E-state index in [1.54, 1.807) is 7.05 Å². The maximum atomic E-state index is 5.86. The lowest BCUT2D eigenvalue weighted by molar-refractivity contribution is 0.110. The van der Waals surface area contributed by atoms with E-state index in [9.17, 15) is 0 Å². The topological polar surface area (TPSA) is 54.9 Å². The number of nitrogens with zero attached hydrogens (tertiary/aromatic N) is 1. The molecule has 0 saturated carbocycles. The van der Waals surface area contributed by atoms with Crippen LogP contribution in [0.25, 0.3) is 0 Å². The van der Waals surface area contributed by atoms with Gasteiger partial charge in [-0.05, 0) is 31.9 Å². The largest absolute Gasteiger partial charge is 0.491 e. The molecular weight excluding hydrogens is 417 g/mol. The minimum Gasteiger partial charge on any atom is -0.491 e. The van der Waals surface area contributed by atoms with E-state index < -0.39 is 0 Å². The number of nitrogens with one attached hydrogen (secondary N) is 2. The fraction of sp³-hybridized carbons (Fsp3) is 0.611. The third-order valence-corrected chi connectivity index (χ3v) is 3.40. The molecule has 0 aliphatic rings. The molecule has 0 radical (unpaired) electrons. The lowest BCUT2D eigenvalue weighted by Crippen LogP contribution is -2.37. The molecule has 0 unspecified atom stereocenters. The summed E-state index contributed by atoms with van der Waals surface area (Å²) in [6.07, 6.45) is 2.30. The first-order valence-electron chi connectivity index (χ1n) is 8.45. The molecule has 0 atom stereocenters. The zero-order chi connectivity index (χ0) is 16.9. The van der Waals surface area contributed by atoms with Gasteiger partial charge in [-0.15, -0.1) is 24.0 Å². The smallest absolute Gasteiger partial charge is 0.191 e. The van der Waals surface area contributed by atoms with Crippen LogP contribution in [0.15, 0.2) is 23.2 Å². The second-order valence-electron chi connectivity index (χ2n) is 5.36. The molecule has 0 fully saturated rings. The number of aliphatic imine (C=N–C) groups is 1. The SMILES string of the molecule is CCCCNC(=NC)NCc1ccc(C)cc1OCCOCC.I. The van der Waals surface area contributed by atoms with Crippen molar-refractivity contribution in [2.75, 3.05) is 33.4 Å². The van der Waals surface area contributed by atoms with Crippen LogP contribution in [0, 0.1) is 6.92 Å². The molecule has 2 N–H and O–H groups in total. The monoisotopic (exact) mass is 449 g/mol. The van der Waals surface area contributed by atoms with Gasteiger partial charge in [0.15, 0.2) is 5.96 Å². The highest BCUT2D eigenvalue weighted by Gasteiger charge is 2.06. The minimum absolute atomic E-state index is 0. The average Bonchev–Trinajstić information content (AvgIpc) is 2.56. The molecule has 24 heavy (non-hydrogen) atoms. The van der Waals surface area contributed by atoms with Gasteiger partial charge in [0, 0.05) is 32.3 Å². The second-order valence-corrected chi connectivity index (χ2v) is 5.36. The molecular formula is C18H32IN3O2. The maximum absolute atomic E-state index is 5.86. The Morgan fingerprint density at radius 2 is 1.96 bits per heavy atom. The van der Waals surface area contributed by atoms with Crippen LogP contribution >= 0.6 is 24.0 Å². The van der Waals surface area contributed by atoms with Gasteiger partial charge >= 0.3 is 0 Å². The summed E-state index contributed by atoms with van der Waals surface area (Å²) in [5.41, 5.74) is 2.30. The van der Waals surface area contributed by atoms with E-state index in [0.717, 1.165) is 30.2 Å². The Labute approximate surface area is 163 Å². The predicted octanol–water partition coefficient (Wildman–Crippen LogP) is 3.49. The number of hydrogen-bond acceptors (Lipinski definition) is 3. The summed E-state index contributed by atoms with van der Waals surface area (Å²) in [5.74, 6) is 1.72. The lowest BCUT2D eigenvalue weighted by atomic mass is 10.1. The van der Waals surface area contributed by atoms with Crippen molar-refractivity contribution in [2.45, 2.75) is 40.2 Å². The van der Waals surface area contributed by atoms with Crippen LogP contribution in [-0.2, 0) is 11.3 Å². The third-order valence-electron chi connectivity index (χ3n) is 3.40. The molecule has 0 heterocycles. The molecule has 1 aromatic carbocycles. The Morgan fingerprint density at radius 1 is 1.17 bits per heavy atom. The Morgan fingerprint density at radius 3 is 2.62 bits per heavy atom. The number of aryl methyl sites for hydroxylation is 1. The van der Waals surface area contributed by atoms with E-state index in [1.165, 1.54) is 12.0 Å². The van der Waals surface area contributed by atoms with Crippen molar-refractivity contribution < 1.29 is 9.47 Å². The quantitative estimate of drug-likeness (QED) is 0.249. The van der Waals surface area contributed by atoms with Gasteiger partial charge in [0.05, 0.1) is 6.61 Å². The molecule has 6 heteroatoms. The van der Waals surface area contributed by atoms with E-state index >= 15 is 0 Å². The normalized spacial score (nSPS) is 10.9. The zero-order valence-electron chi connectivity index (χ0n) is 15.4. The van der Waals surface area contributed by atoms with Crippen molar-refractivity contribution in [1.29, 1.82) is 0 Å². The highest BCUT2D eigenvalue weighted by atomic mass is 127. The van der Waals surface area contributed by atoms with E-state index in [0.29, 0.717) is 26.4 Å². The van der Waals surface area contributed by atoms with Crippen LogP contribution < -0.4 is 15.4 Å². The Hall–Kier alpha value is -1.02. The van der Waals surface area contributed by atoms with Gasteiger partial charge < -0.3 is 20.1 Å². The molecule has 0 saturated heterocycles. The maximum Gasteiger partial charge on any atom is 0.191 e. The number of benzene rings is 1. The number of unbranched alkanes of at least 4 members (excludes halogenated alkanes) is 1. The van der Waals surface area contributed by atoms with Crippen molar-refractivity contribution in [3.8, 4) is 5.75 Å². The fourth-order valence-corrected chi connectivity index (χ4v) is 2.08. The van der Waals surface area contributed by atoms with Gasteiger partial charge in [-0.1, -0.05) is 25.5 Å². The van der Waals surface area contributed by atoms with Gasteiger partial charge in [0.25, 0.3) is 0 Å². The Kier molecular flexibility index (Phi) is 13.7. The average molecular weight is 449 g/mol. The van der Waals surface area contributed by atoms with Gasteiger partial charge in [-0.25, -0.2) is 0 Å². The van der Waals surface area contributed by atoms with Crippen molar-refractivity contribution >= 4 is 29.9 Å². The Bertz CT molecular complexity index is 481. The summed E-state index contributed by atoms with van der Waals surface area (Å²) in [6, 6.07) is 6.26. The van der Waals surface area contributed by atoms with Crippen LogP contribution in [0.1, 0.15) is 37.8 Å². The van der Waals surface area contributed by atoms with Gasteiger partial charge in [0.2, 0.25) is 0 Å². The minimum atomic E-state index is 0. The highest BCUT2D eigenvalue weighted by molar-refractivity contribution is 14.0. The molecule has 0 aliphatic carbocycles. The van der Waals surface area contributed by atoms with Crippen molar-refractivity contribution in [2.24, 2.45) is 4.99 Å². The molecule has 0 amide bonds.